The Morgan fingerprint density at radius 3 is 2.48 bits per heavy atom. The molecule has 4 atom stereocenters. The van der Waals surface area contributed by atoms with Crippen LogP contribution in [-0.2, 0) is 4.79 Å². The van der Waals surface area contributed by atoms with Crippen LogP contribution >= 0.6 is 0 Å². The van der Waals surface area contributed by atoms with E-state index in [9.17, 15) is 9.59 Å². The minimum absolute atomic E-state index is 0.0260. The average Bonchev–Trinajstić information content (AvgIpc) is 2.62. The fraction of sp³-hybridized carbons (Fsp3) is 0.636. The summed E-state index contributed by atoms with van der Waals surface area (Å²) in [6.07, 6.45) is 4.80. The van der Waals surface area contributed by atoms with Crippen LogP contribution in [0.15, 0.2) is 18.2 Å². The van der Waals surface area contributed by atoms with Gasteiger partial charge in [-0.05, 0) is 62.1 Å². The molecule has 1 aromatic rings. The number of piperidine rings is 1. The summed E-state index contributed by atoms with van der Waals surface area (Å²) in [7, 11) is 0. The van der Waals surface area contributed by atoms with Gasteiger partial charge in [-0.3, -0.25) is 9.59 Å². The molecule has 1 aromatic carbocycles. The number of benzene rings is 1. The Morgan fingerprint density at radius 1 is 1.11 bits per heavy atom. The molecule has 148 valence electrons. The van der Waals surface area contributed by atoms with Crippen LogP contribution in [-0.4, -0.2) is 35.8 Å². The molecule has 27 heavy (non-hydrogen) atoms. The summed E-state index contributed by atoms with van der Waals surface area (Å²) >= 11 is 0. The normalized spacial score (nSPS) is 28.7. The van der Waals surface area contributed by atoms with Crippen LogP contribution in [0.2, 0.25) is 0 Å². The quantitative estimate of drug-likeness (QED) is 0.853. The van der Waals surface area contributed by atoms with E-state index in [1.165, 1.54) is 6.42 Å². The van der Waals surface area contributed by atoms with Crippen molar-refractivity contribution < 1.29 is 9.59 Å². The molecule has 1 heterocycles. The van der Waals surface area contributed by atoms with Crippen LogP contribution in [0.25, 0.3) is 0 Å². The van der Waals surface area contributed by atoms with E-state index < -0.39 is 0 Å². The molecule has 2 fully saturated rings. The molecule has 1 aliphatic carbocycles. The van der Waals surface area contributed by atoms with E-state index in [2.05, 4.69) is 19.2 Å². The first-order valence-corrected chi connectivity index (χ1v) is 10.3. The van der Waals surface area contributed by atoms with Gasteiger partial charge in [0.2, 0.25) is 5.91 Å². The molecule has 0 bridgehead atoms. The molecule has 2 aliphatic rings. The van der Waals surface area contributed by atoms with Crippen molar-refractivity contribution in [2.45, 2.75) is 58.9 Å². The van der Waals surface area contributed by atoms with Crippen LogP contribution in [0, 0.1) is 24.7 Å². The summed E-state index contributed by atoms with van der Waals surface area (Å²) in [5, 5.41) is 3.05. The smallest absolute Gasteiger partial charge is 0.253 e. The van der Waals surface area contributed by atoms with Crippen molar-refractivity contribution >= 4 is 17.5 Å². The highest BCUT2D eigenvalue weighted by molar-refractivity contribution is 5.98. The Labute approximate surface area is 162 Å². The van der Waals surface area contributed by atoms with E-state index in [4.69, 9.17) is 5.73 Å². The van der Waals surface area contributed by atoms with Gasteiger partial charge in [0.25, 0.3) is 5.91 Å². The Morgan fingerprint density at radius 2 is 1.81 bits per heavy atom. The number of nitrogens with zero attached hydrogens (tertiary/aromatic N) is 1. The third-order valence-corrected chi connectivity index (χ3v) is 5.98. The monoisotopic (exact) mass is 371 g/mol. The minimum Gasteiger partial charge on any atom is -0.338 e. The van der Waals surface area contributed by atoms with E-state index in [0.717, 1.165) is 50.0 Å². The van der Waals surface area contributed by atoms with Gasteiger partial charge in [-0.1, -0.05) is 26.3 Å². The van der Waals surface area contributed by atoms with Crippen LogP contribution in [0.1, 0.15) is 61.9 Å². The number of nitrogens with one attached hydrogen (secondary N) is 1. The SMILES string of the molecule is Cc1ccc(C(=O)N2CC(C)CC(C)C2)cc1NC(=O)C1CCCC(N)C1. The lowest BCUT2D eigenvalue weighted by atomic mass is 9.85. The molecule has 3 N–H and O–H groups in total. The topological polar surface area (TPSA) is 75.4 Å². The summed E-state index contributed by atoms with van der Waals surface area (Å²) < 4.78 is 0. The standard InChI is InChI=1S/C22H33N3O2/c1-14-9-15(2)13-25(12-14)22(27)18-8-7-16(3)20(11-18)24-21(26)17-5-4-6-19(23)10-17/h7-8,11,14-15,17,19H,4-6,9-10,12-13,23H2,1-3H3,(H,24,26). The van der Waals surface area contributed by atoms with Gasteiger partial charge >= 0.3 is 0 Å². The molecule has 5 nitrogen and oxygen atoms in total. The number of carbonyl (C=O) groups excluding carboxylic acids is 2. The number of hydrogen-bond donors (Lipinski definition) is 2. The van der Waals surface area contributed by atoms with Crippen molar-refractivity contribution in [3.05, 3.63) is 29.3 Å². The first-order valence-electron chi connectivity index (χ1n) is 10.3. The molecule has 2 amide bonds. The zero-order valence-electron chi connectivity index (χ0n) is 16.8. The zero-order chi connectivity index (χ0) is 19.6. The third kappa shape index (κ3) is 4.89. The van der Waals surface area contributed by atoms with E-state index in [1.807, 2.05) is 30.0 Å². The number of aryl methyl sites for hydroxylation is 1. The van der Waals surface area contributed by atoms with Gasteiger partial charge in [0.05, 0.1) is 0 Å². The molecule has 0 spiro atoms. The van der Waals surface area contributed by atoms with Crippen molar-refractivity contribution in [2.75, 3.05) is 18.4 Å². The molecule has 5 heteroatoms. The second-order valence-electron chi connectivity index (χ2n) is 8.80. The maximum absolute atomic E-state index is 13.0. The molecular formula is C22H33N3O2. The van der Waals surface area contributed by atoms with Crippen LogP contribution in [0.4, 0.5) is 5.69 Å². The lowest BCUT2D eigenvalue weighted by Crippen LogP contribution is -2.42. The maximum Gasteiger partial charge on any atom is 0.253 e. The Hall–Kier alpha value is -1.88. The van der Waals surface area contributed by atoms with E-state index >= 15 is 0 Å². The van der Waals surface area contributed by atoms with Crippen molar-refractivity contribution in [2.24, 2.45) is 23.5 Å². The number of amides is 2. The molecule has 4 unspecified atom stereocenters. The van der Waals surface area contributed by atoms with Crippen LogP contribution in [0.5, 0.6) is 0 Å². The lowest BCUT2D eigenvalue weighted by molar-refractivity contribution is -0.120. The van der Waals surface area contributed by atoms with Gasteiger partial charge in [-0.15, -0.1) is 0 Å². The molecular weight excluding hydrogens is 338 g/mol. The second-order valence-corrected chi connectivity index (χ2v) is 8.80. The summed E-state index contributed by atoms with van der Waals surface area (Å²) in [5.41, 5.74) is 8.39. The Bertz CT molecular complexity index is 693. The van der Waals surface area contributed by atoms with Gasteiger partial charge in [0.1, 0.15) is 0 Å². The maximum atomic E-state index is 13.0. The van der Waals surface area contributed by atoms with E-state index in [-0.39, 0.29) is 23.8 Å². The third-order valence-electron chi connectivity index (χ3n) is 5.98. The van der Waals surface area contributed by atoms with Gasteiger partial charge < -0.3 is 16.0 Å². The van der Waals surface area contributed by atoms with E-state index in [0.29, 0.717) is 17.4 Å². The number of rotatable bonds is 3. The van der Waals surface area contributed by atoms with Crippen molar-refractivity contribution in [1.82, 2.24) is 4.90 Å². The highest BCUT2D eigenvalue weighted by Crippen LogP contribution is 2.27. The highest BCUT2D eigenvalue weighted by atomic mass is 16.2. The minimum atomic E-state index is -0.0312. The molecule has 1 aliphatic heterocycles. The largest absolute Gasteiger partial charge is 0.338 e. The van der Waals surface area contributed by atoms with Gasteiger partial charge in [0, 0.05) is 36.3 Å². The highest BCUT2D eigenvalue weighted by Gasteiger charge is 2.28. The molecule has 3 rings (SSSR count). The fourth-order valence-corrected chi connectivity index (χ4v) is 4.60. The number of hydrogen-bond acceptors (Lipinski definition) is 3. The summed E-state index contributed by atoms with van der Waals surface area (Å²) in [4.78, 5) is 27.6. The summed E-state index contributed by atoms with van der Waals surface area (Å²) in [5.74, 6) is 1.11. The molecule has 0 aromatic heterocycles. The number of anilines is 1. The van der Waals surface area contributed by atoms with Crippen molar-refractivity contribution in [1.29, 1.82) is 0 Å². The average molecular weight is 372 g/mol. The molecule has 1 saturated heterocycles. The molecule has 0 radical (unpaired) electrons. The van der Waals surface area contributed by atoms with Gasteiger partial charge in [-0.2, -0.15) is 0 Å². The Balaban J connectivity index is 1.72. The first kappa shape index (κ1) is 19.9. The zero-order valence-corrected chi connectivity index (χ0v) is 16.8. The van der Waals surface area contributed by atoms with Crippen LogP contribution in [0.3, 0.4) is 0 Å². The number of carbonyl (C=O) groups is 2. The first-order chi connectivity index (χ1) is 12.8. The number of nitrogens with two attached hydrogens (primary N) is 1. The predicted octanol–water partition coefficient (Wildman–Crippen LogP) is 3.57. The lowest BCUT2D eigenvalue weighted by Gasteiger charge is -2.35. The van der Waals surface area contributed by atoms with Crippen LogP contribution < -0.4 is 11.1 Å². The van der Waals surface area contributed by atoms with E-state index in [1.54, 1.807) is 0 Å². The number of likely N-dealkylation sites (tertiary alicyclic amines) is 1. The van der Waals surface area contributed by atoms with Gasteiger partial charge in [-0.25, -0.2) is 0 Å². The second kappa shape index (κ2) is 8.42. The fourth-order valence-electron chi connectivity index (χ4n) is 4.60. The van der Waals surface area contributed by atoms with Crippen molar-refractivity contribution in [3.63, 3.8) is 0 Å². The van der Waals surface area contributed by atoms with Gasteiger partial charge in [0.15, 0.2) is 0 Å². The Kier molecular flexibility index (Phi) is 6.20. The predicted molar refractivity (Wildman–Crippen MR) is 109 cm³/mol. The summed E-state index contributed by atoms with van der Waals surface area (Å²) in [6.45, 7) is 7.97. The summed E-state index contributed by atoms with van der Waals surface area (Å²) in [6, 6.07) is 5.74. The van der Waals surface area contributed by atoms with Crippen molar-refractivity contribution in [3.8, 4) is 0 Å². The molecule has 1 saturated carbocycles.